The first kappa shape index (κ1) is 20.4. The molecule has 1 saturated heterocycles. The van der Waals surface area contributed by atoms with Crippen molar-refractivity contribution in [1.82, 2.24) is 9.03 Å². The maximum atomic E-state index is 13.1. The largest absolute Gasteiger partial charge is 0.417 e. The highest BCUT2D eigenvalue weighted by Crippen LogP contribution is 2.36. The van der Waals surface area contributed by atoms with Crippen LogP contribution in [0.4, 0.5) is 13.2 Å². The molecule has 0 saturated carbocycles. The molecule has 1 aliphatic rings. The van der Waals surface area contributed by atoms with E-state index >= 15 is 0 Å². The Balaban J connectivity index is 2.22. The van der Waals surface area contributed by atoms with Crippen LogP contribution in [0.15, 0.2) is 23.1 Å². The van der Waals surface area contributed by atoms with Crippen molar-refractivity contribution in [3.63, 3.8) is 0 Å². The van der Waals surface area contributed by atoms with Gasteiger partial charge >= 0.3 is 6.18 Å². The number of sulfonamides is 2. The minimum absolute atomic E-state index is 0.0960. The topological polar surface area (TPSA) is 83.6 Å². The fourth-order valence-corrected chi connectivity index (χ4v) is 5.11. The predicted octanol–water partition coefficient (Wildman–Crippen LogP) is 2.06. The van der Waals surface area contributed by atoms with Gasteiger partial charge in [0, 0.05) is 24.2 Å². The molecule has 2 rings (SSSR count). The van der Waals surface area contributed by atoms with Crippen molar-refractivity contribution < 1.29 is 30.0 Å². The Morgan fingerprint density at radius 2 is 1.72 bits per heavy atom. The van der Waals surface area contributed by atoms with Gasteiger partial charge in [0.05, 0.1) is 16.7 Å². The summed E-state index contributed by atoms with van der Waals surface area (Å²) in [5, 5.41) is -0.229. The van der Waals surface area contributed by atoms with E-state index in [-0.39, 0.29) is 31.0 Å². The van der Waals surface area contributed by atoms with E-state index in [1.807, 2.05) is 0 Å². The van der Waals surface area contributed by atoms with E-state index < -0.39 is 42.7 Å². The maximum Gasteiger partial charge on any atom is 0.417 e. The second kappa shape index (κ2) is 7.03. The Morgan fingerprint density at radius 1 is 1.16 bits per heavy atom. The van der Waals surface area contributed by atoms with Crippen molar-refractivity contribution in [1.29, 1.82) is 0 Å². The summed E-state index contributed by atoms with van der Waals surface area (Å²) in [5.74, 6) is 0. The quantitative estimate of drug-likeness (QED) is 0.808. The molecule has 0 radical (unpaired) electrons. The van der Waals surface area contributed by atoms with Gasteiger partial charge in [0.2, 0.25) is 20.0 Å². The van der Waals surface area contributed by atoms with Gasteiger partial charge in [-0.2, -0.15) is 13.2 Å². The van der Waals surface area contributed by atoms with Crippen LogP contribution < -0.4 is 4.72 Å². The van der Waals surface area contributed by atoms with Crippen molar-refractivity contribution in [3.8, 4) is 0 Å². The summed E-state index contributed by atoms with van der Waals surface area (Å²) in [5.41, 5.74) is -1.35. The van der Waals surface area contributed by atoms with E-state index in [1.165, 1.54) is 4.31 Å². The minimum atomic E-state index is -4.88. The molecular weight excluding hydrogens is 405 g/mol. The van der Waals surface area contributed by atoms with Crippen molar-refractivity contribution in [2.24, 2.45) is 0 Å². The molecule has 142 valence electrons. The molecule has 0 amide bonds. The smallest absolute Gasteiger partial charge is 0.213 e. The fourth-order valence-electron chi connectivity index (χ4n) is 2.55. The Hall–Kier alpha value is -0.880. The molecule has 0 bridgehead atoms. The minimum Gasteiger partial charge on any atom is -0.213 e. The molecule has 1 aromatic rings. The first-order valence-electron chi connectivity index (χ1n) is 7.15. The van der Waals surface area contributed by atoms with Gasteiger partial charge in [-0.05, 0) is 31.0 Å². The Bertz CT molecular complexity index is 849. The lowest BCUT2D eigenvalue weighted by molar-refractivity contribution is -0.139. The van der Waals surface area contributed by atoms with Gasteiger partial charge in [-0.25, -0.2) is 25.9 Å². The number of halogens is 4. The Labute approximate surface area is 149 Å². The molecule has 1 aromatic carbocycles. The summed E-state index contributed by atoms with van der Waals surface area (Å²) in [6, 6.07) is 1.78. The number of rotatable bonds is 4. The number of hydrogen-bond acceptors (Lipinski definition) is 4. The highest BCUT2D eigenvalue weighted by molar-refractivity contribution is 7.89. The van der Waals surface area contributed by atoms with E-state index in [1.54, 1.807) is 0 Å². The second-order valence-electron chi connectivity index (χ2n) is 5.70. The number of piperidine rings is 1. The van der Waals surface area contributed by atoms with Crippen molar-refractivity contribution in [3.05, 3.63) is 28.8 Å². The lowest BCUT2D eigenvalue weighted by atomic mass is 10.1. The molecule has 0 aliphatic carbocycles. The van der Waals surface area contributed by atoms with Crippen LogP contribution in [0.2, 0.25) is 5.02 Å². The molecule has 1 fully saturated rings. The van der Waals surface area contributed by atoms with E-state index in [4.69, 9.17) is 11.6 Å². The van der Waals surface area contributed by atoms with Crippen LogP contribution in [0.5, 0.6) is 0 Å². The highest BCUT2D eigenvalue weighted by atomic mass is 35.5. The van der Waals surface area contributed by atoms with Gasteiger partial charge in [-0.1, -0.05) is 11.6 Å². The average Bonchev–Trinajstić information content (AvgIpc) is 2.45. The third kappa shape index (κ3) is 5.07. The predicted molar refractivity (Wildman–Crippen MR) is 86.2 cm³/mol. The Morgan fingerprint density at radius 3 is 2.20 bits per heavy atom. The lowest BCUT2D eigenvalue weighted by Gasteiger charge is -2.30. The standard InChI is InChI=1S/C13H16ClF3N2O4S2/c1-24(20,21)19-6-4-10(5-7-19)18-25(22,23)12-3-2-9(14)8-11(12)13(15,16)17/h2-3,8,10,18H,4-7H2,1H3. The number of benzene rings is 1. The monoisotopic (exact) mass is 420 g/mol. The maximum absolute atomic E-state index is 13.1. The molecule has 12 heteroatoms. The fraction of sp³-hybridized carbons (Fsp3) is 0.538. The zero-order valence-electron chi connectivity index (χ0n) is 13.0. The molecule has 0 spiro atoms. The van der Waals surface area contributed by atoms with E-state index in [0.29, 0.717) is 6.07 Å². The average molecular weight is 421 g/mol. The van der Waals surface area contributed by atoms with Crippen LogP contribution >= 0.6 is 11.6 Å². The van der Waals surface area contributed by atoms with Crippen LogP contribution in [0.3, 0.4) is 0 Å². The Kier molecular flexibility index (Phi) is 5.74. The summed E-state index contributed by atoms with van der Waals surface area (Å²) >= 11 is 5.55. The van der Waals surface area contributed by atoms with E-state index in [9.17, 15) is 30.0 Å². The first-order valence-corrected chi connectivity index (χ1v) is 10.9. The summed E-state index contributed by atoms with van der Waals surface area (Å²) in [7, 11) is -7.82. The van der Waals surface area contributed by atoms with Crippen LogP contribution in [0.1, 0.15) is 18.4 Å². The molecule has 1 aliphatic heterocycles. The van der Waals surface area contributed by atoms with Gasteiger partial charge in [-0.3, -0.25) is 0 Å². The van der Waals surface area contributed by atoms with Gasteiger partial charge in [0.15, 0.2) is 0 Å². The second-order valence-corrected chi connectivity index (χ2v) is 9.80. The van der Waals surface area contributed by atoms with Crippen LogP contribution in [-0.2, 0) is 26.2 Å². The van der Waals surface area contributed by atoms with Crippen molar-refractivity contribution >= 4 is 31.6 Å². The van der Waals surface area contributed by atoms with Crippen LogP contribution in [0.25, 0.3) is 0 Å². The molecule has 1 N–H and O–H groups in total. The van der Waals surface area contributed by atoms with Crippen LogP contribution in [0, 0.1) is 0 Å². The van der Waals surface area contributed by atoms with Gasteiger partial charge < -0.3 is 0 Å². The third-order valence-corrected chi connectivity index (χ3v) is 6.90. The third-order valence-electron chi connectivity index (χ3n) is 3.78. The van der Waals surface area contributed by atoms with E-state index in [2.05, 4.69) is 4.72 Å². The number of alkyl halides is 3. The SMILES string of the molecule is CS(=O)(=O)N1CCC(NS(=O)(=O)c2ccc(Cl)cc2C(F)(F)F)CC1. The number of nitrogens with one attached hydrogen (secondary N) is 1. The number of nitrogens with zero attached hydrogens (tertiary/aromatic N) is 1. The summed E-state index contributed by atoms with van der Waals surface area (Å²) in [4.78, 5) is -0.907. The van der Waals surface area contributed by atoms with E-state index in [0.717, 1.165) is 18.4 Å². The summed E-state index contributed by atoms with van der Waals surface area (Å²) < 4.78 is 90.3. The van der Waals surface area contributed by atoms with Gasteiger partial charge in [-0.15, -0.1) is 0 Å². The van der Waals surface area contributed by atoms with Crippen LogP contribution in [-0.4, -0.2) is 46.5 Å². The molecule has 1 heterocycles. The normalized spacial score (nSPS) is 18.4. The van der Waals surface area contributed by atoms with Gasteiger partial charge in [0.25, 0.3) is 0 Å². The van der Waals surface area contributed by atoms with Gasteiger partial charge in [0.1, 0.15) is 0 Å². The lowest BCUT2D eigenvalue weighted by Crippen LogP contribution is -2.46. The molecule has 0 aromatic heterocycles. The summed E-state index contributed by atoms with van der Waals surface area (Å²) in [6.45, 7) is 0.192. The van der Waals surface area contributed by atoms with Crippen molar-refractivity contribution in [2.75, 3.05) is 19.3 Å². The zero-order valence-corrected chi connectivity index (χ0v) is 15.4. The zero-order chi connectivity index (χ0) is 19.0. The number of hydrogen-bond donors (Lipinski definition) is 1. The molecular formula is C13H16ClF3N2O4S2. The summed E-state index contributed by atoms with van der Waals surface area (Å²) in [6.07, 6.45) is -3.50. The molecule has 0 unspecified atom stereocenters. The van der Waals surface area contributed by atoms with Crippen molar-refractivity contribution in [2.45, 2.75) is 30.0 Å². The first-order chi connectivity index (χ1) is 11.3. The molecule has 0 atom stereocenters. The highest BCUT2D eigenvalue weighted by Gasteiger charge is 2.38. The molecule has 25 heavy (non-hydrogen) atoms. The molecule has 6 nitrogen and oxygen atoms in total.